The lowest BCUT2D eigenvalue weighted by Gasteiger charge is -2.15. The molecule has 19 heavy (non-hydrogen) atoms. The van der Waals surface area contributed by atoms with Crippen molar-refractivity contribution in [3.63, 3.8) is 0 Å². The van der Waals surface area contributed by atoms with Crippen LogP contribution in [0.1, 0.15) is 12.5 Å². The van der Waals surface area contributed by atoms with Crippen LogP contribution in [0.3, 0.4) is 0 Å². The van der Waals surface area contributed by atoms with Gasteiger partial charge in [-0.2, -0.15) is 0 Å². The Morgan fingerprint density at radius 1 is 1.16 bits per heavy atom. The van der Waals surface area contributed by atoms with Gasteiger partial charge in [-0.3, -0.25) is 4.79 Å². The molecule has 0 heterocycles. The average Bonchev–Trinajstić information content (AvgIpc) is 2.43. The van der Waals surface area contributed by atoms with E-state index in [-0.39, 0.29) is 5.91 Å². The number of carbonyl (C=O) groups excluding carboxylic acids is 1. The zero-order valence-electron chi connectivity index (χ0n) is 11.5. The molecule has 1 aromatic rings. The summed E-state index contributed by atoms with van der Waals surface area (Å²) in [5, 5.41) is 2.67. The zero-order valence-corrected chi connectivity index (χ0v) is 11.5. The number of methoxy groups -OCH3 is 3. The molecule has 0 unspecified atom stereocenters. The maximum absolute atomic E-state index is 11.3. The maximum atomic E-state index is 11.3. The fraction of sp³-hybridized carbons (Fsp3) is 0.357. The standard InChI is InChI=1S/C14H17NO4/c1-5-6-12(16)15-9-10-7-8-11(17-2)14(19-4)13(10)18-3/h7-8H,9H2,1-4H3,(H,15,16). The SMILES string of the molecule is CC#CC(=O)NCc1ccc(OC)c(OC)c1OC. The Bertz CT molecular complexity index is 514. The molecular formula is C14H17NO4. The Balaban J connectivity index is 3.00. The first-order chi connectivity index (χ1) is 9.17. The smallest absolute Gasteiger partial charge is 0.296 e. The van der Waals surface area contributed by atoms with Gasteiger partial charge in [-0.05, 0) is 25.0 Å². The minimum Gasteiger partial charge on any atom is -0.493 e. The van der Waals surface area contributed by atoms with Gasteiger partial charge in [-0.25, -0.2) is 0 Å². The van der Waals surface area contributed by atoms with Crippen LogP contribution in [0.15, 0.2) is 12.1 Å². The number of rotatable bonds is 5. The van der Waals surface area contributed by atoms with E-state index < -0.39 is 0 Å². The molecule has 0 spiro atoms. The number of benzene rings is 1. The fourth-order valence-electron chi connectivity index (χ4n) is 1.64. The van der Waals surface area contributed by atoms with E-state index in [4.69, 9.17) is 14.2 Å². The van der Waals surface area contributed by atoms with E-state index in [1.54, 1.807) is 26.2 Å². The number of hydrogen-bond donors (Lipinski definition) is 1. The molecule has 0 aromatic heterocycles. The van der Waals surface area contributed by atoms with Gasteiger partial charge in [0, 0.05) is 12.1 Å². The van der Waals surface area contributed by atoms with Crippen molar-refractivity contribution in [1.82, 2.24) is 5.32 Å². The Labute approximate surface area is 112 Å². The molecule has 0 fully saturated rings. The first kappa shape index (κ1) is 14.7. The van der Waals surface area contributed by atoms with Crippen molar-refractivity contribution in [3.05, 3.63) is 17.7 Å². The predicted octanol–water partition coefficient (Wildman–Crippen LogP) is 1.35. The van der Waals surface area contributed by atoms with Crippen molar-refractivity contribution in [2.45, 2.75) is 13.5 Å². The Morgan fingerprint density at radius 2 is 1.84 bits per heavy atom. The van der Waals surface area contributed by atoms with Crippen molar-refractivity contribution in [3.8, 4) is 29.1 Å². The van der Waals surface area contributed by atoms with Crippen molar-refractivity contribution in [1.29, 1.82) is 0 Å². The van der Waals surface area contributed by atoms with Gasteiger partial charge in [0.2, 0.25) is 5.75 Å². The monoisotopic (exact) mass is 263 g/mol. The van der Waals surface area contributed by atoms with Gasteiger partial charge in [0.1, 0.15) is 0 Å². The number of hydrogen-bond acceptors (Lipinski definition) is 4. The topological polar surface area (TPSA) is 56.8 Å². The molecule has 102 valence electrons. The van der Waals surface area contributed by atoms with E-state index in [0.717, 1.165) is 5.56 Å². The highest BCUT2D eigenvalue weighted by atomic mass is 16.5. The minimum absolute atomic E-state index is 0.303. The highest BCUT2D eigenvalue weighted by Crippen LogP contribution is 2.39. The van der Waals surface area contributed by atoms with Crippen molar-refractivity contribution in [2.24, 2.45) is 0 Å². The van der Waals surface area contributed by atoms with E-state index in [1.807, 2.05) is 0 Å². The number of ether oxygens (including phenoxy) is 3. The van der Waals surface area contributed by atoms with Gasteiger partial charge >= 0.3 is 0 Å². The molecule has 1 amide bonds. The molecule has 0 aliphatic carbocycles. The highest BCUT2D eigenvalue weighted by Gasteiger charge is 2.15. The number of nitrogens with one attached hydrogen (secondary N) is 1. The summed E-state index contributed by atoms with van der Waals surface area (Å²) in [6.45, 7) is 1.91. The molecule has 5 heteroatoms. The van der Waals surface area contributed by atoms with E-state index in [0.29, 0.717) is 23.8 Å². The van der Waals surface area contributed by atoms with Crippen molar-refractivity contribution in [2.75, 3.05) is 21.3 Å². The molecule has 0 saturated heterocycles. The first-order valence-electron chi connectivity index (χ1n) is 5.66. The Kier molecular flexibility index (Phi) is 5.55. The van der Waals surface area contributed by atoms with E-state index in [2.05, 4.69) is 17.2 Å². The fourth-order valence-corrected chi connectivity index (χ4v) is 1.64. The highest BCUT2D eigenvalue weighted by molar-refractivity contribution is 5.93. The second kappa shape index (κ2) is 7.17. The van der Waals surface area contributed by atoms with Crippen molar-refractivity contribution < 1.29 is 19.0 Å². The van der Waals surface area contributed by atoms with Gasteiger partial charge in [0.15, 0.2) is 11.5 Å². The van der Waals surface area contributed by atoms with Gasteiger partial charge in [-0.1, -0.05) is 5.92 Å². The largest absolute Gasteiger partial charge is 0.493 e. The van der Waals surface area contributed by atoms with Crippen LogP contribution in [0.5, 0.6) is 17.2 Å². The van der Waals surface area contributed by atoms with Gasteiger partial charge in [-0.15, -0.1) is 0 Å². The lowest BCUT2D eigenvalue weighted by atomic mass is 10.1. The molecule has 0 atom stereocenters. The van der Waals surface area contributed by atoms with Crippen LogP contribution in [0.4, 0.5) is 0 Å². The molecule has 5 nitrogen and oxygen atoms in total. The second-order valence-corrected chi connectivity index (χ2v) is 3.55. The second-order valence-electron chi connectivity index (χ2n) is 3.55. The van der Waals surface area contributed by atoms with E-state index in [9.17, 15) is 4.79 Å². The lowest BCUT2D eigenvalue weighted by Crippen LogP contribution is -2.21. The molecule has 1 rings (SSSR count). The maximum Gasteiger partial charge on any atom is 0.296 e. The molecule has 0 radical (unpaired) electrons. The van der Waals surface area contributed by atoms with E-state index in [1.165, 1.54) is 14.2 Å². The van der Waals surface area contributed by atoms with Crippen LogP contribution in [0, 0.1) is 11.8 Å². The summed E-state index contributed by atoms with van der Waals surface area (Å²) in [7, 11) is 4.62. The molecule has 0 bridgehead atoms. The average molecular weight is 263 g/mol. The summed E-state index contributed by atoms with van der Waals surface area (Å²) in [4.78, 5) is 11.3. The molecule has 1 N–H and O–H groups in total. The third kappa shape index (κ3) is 3.55. The molecule has 1 aromatic carbocycles. The molecule has 0 aliphatic rings. The number of amides is 1. The summed E-state index contributed by atoms with van der Waals surface area (Å²) in [6, 6.07) is 3.56. The van der Waals surface area contributed by atoms with Gasteiger partial charge < -0.3 is 19.5 Å². The lowest BCUT2D eigenvalue weighted by molar-refractivity contribution is -0.115. The summed E-state index contributed by atoms with van der Waals surface area (Å²) < 4.78 is 15.8. The molecule has 0 saturated carbocycles. The zero-order chi connectivity index (χ0) is 14.3. The predicted molar refractivity (Wildman–Crippen MR) is 71.4 cm³/mol. The van der Waals surface area contributed by atoms with Crippen LogP contribution in [-0.4, -0.2) is 27.2 Å². The summed E-state index contributed by atoms with van der Waals surface area (Å²) >= 11 is 0. The van der Waals surface area contributed by atoms with Crippen LogP contribution < -0.4 is 19.5 Å². The van der Waals surface area contributed by atoms with E-state index >= 15 is 0 Å². The van der Waals surface area contributed by atoms with Crippen molar-refractivity contribution >= 4 is 5.91 Å². The van der Waals surface area contributed by atoms with Crippen LogP contribution in [-0.2, 0) is 11.3 Å². The summed E-state index contributed by atoms with van der Waals surface area (Å²) in [5.74, 6) is 6.21. The first-order valence-corrected chi connectivity index (χ1v) is 5.66. The summed E-state index contributed by atoms with van der Waals surface area (Å²) in [5.41, 5.74) is 0.784. The normalized spacial score (nSPS) is 9.05. The van der Waals surface area contributed by atoms with Crippen LogP contribution in [0.2, 0.25) is 0 Å². The van der Waals surface area contributed by atoms with Crippen LogP contribution in [0.25, 0.3) is 0 Å². The third-order valence-electron chi connectivity index (χ3n) is 2.46. The van der Waals surface area contributed by atoms with Gasteiger partial charge in [0.05, 0.1) is 21.3 Å². The molecular weight excluding hydrogens is 246 g/mol. The summed E-state index contributed by atoms with van der Waals surface area (Å²) in [6.07, 6.45) is 0. The quantitative estimate of drug-likeness (QED) is 0.815. The Hall–Kier alpha value is -2.35. The molecule has 0 aliphatic heterocycles. The van der Waals surface area contributed by atoms with Crippen LogP contribution >= 0.6 is 0 Å². The third-order valence-corrected chi connectivity index (χ3v) is 2.46. The van der Waals surface area contributed by atoms with Gasteiger partial charge in [0.25, 0.3) is 5.91 Å². The number of carbonyl (C=O) groups is 1. The minimum atomic E-state index is -0.334. The Morgan fingerprint density at radius 3 is 2.37 bits per heavy atom.